The van der Waals surface area contributed by atoms with Gasteiger partial charge in [-0.05, 0) is 49.4 Å². The number of carbonyl (C=O) groups excluding carboxylic acids is 1. The Hall–Kier alpha value is -3.16. The summed E-state index contributed by atoms with van der Waals surface area (Å²) in [6, 6.07) is 21.1. The maximum Gasteiger partial charge on any atom is 0.270 e. The quantitative estimate of drug-likeness (QED) is 0.306. The summed E-state index contributed by atoms with van der Waals surface area (Å²) in [7, 11) is 0. The Morgan fingerprint density at radius 2 is 1.72 bits per heavy atom. The maximum atomic E-state index is 13.9. The molecule has 0 unspecified atom stereocenters. The molecule has 4 nitrogen and oxygen atoms in total. The van der Waals surface area contributed by atoms with E-state index in [1.54, 1.807) is 30.3 Å². The molecule has 1 aliphatic rings. The highest BCUT2D eigenvalue weighted by atomic mass is 32.2. The predicted molar refractivity (Wildman–Crippen MR) is 130 cm³/mol. The number of para-hydroxylation sites is 1. The van der Waals surface area contributed by atoms with Crippen LogP contribution in [0.2, 0.25) is 0 Å². The van der Waals surface area contributed by atoms with Gasteiger partial charge in [0.05, 0.1) is 17.2 Å². The average molecular weight is 466 g/mol. The molecule has 32 heavy (non-hydrogen) atoms. The number of amides is 1. The Bertz CT molecular complexity index is 1180. The van der Waals surface area contributed by atoms with Crippen LogP contribution in [0.1, 0.15) is 18.1 Å². The predicted octanol–water partition coefficient (Wildman–Crippen LogP) is 6.21. The van der Waals surface area contributed by atoms with E-state index in [1.165, 1.54) is 22.7 Å². The molecular weight excluding hydrogens is 445 g/mol. The zero-order chi connectivity index (χ0) is 22.5. The summed E-state index contributed by atoms with van der Waals surface area (Å²) in [6.45, 7) is 2.57. The monoisotopic (exact) mass is 465 g/mol. The Balaban J connectivity index is 1.55. The van der Waals surface area contributed by atoms with Crippen molar-refractivity contribution in [1.29, 1.82) is 0 Å². The molecule has 0 bridgehead atoms. The summed E-state index contributed by atoms with van der Waals surface area (Å²) < 4.78 is 25.7. The van der Waals surface area contributed by atoms with E-state index < -0.39 is 0 Å². The zero-order valence-electron chi connectivity index (χ0n) is 17.3. The number of halogens is 1. The number of nitrogens with zero attached hydrogens (tertiary/aromatic N) is 1. The van der Waals surface area contributed by atoms with Crippen molar-refractivity contribution in [2.45, 2.75) is 13.5 Å². The minimum Gasteiger partial charge on any atom is -0.494 e. The van der Waals surface area contributed by atoms with Gasteiger partial charge in [-0.3, -0.25) is 9.69 Å². The van der Waals surface area contributed by atoms with Gasteiger partial charge in [-0.25, -0.2) is 4.39 Å². The smallest absolute Gasteiger partial charge is 0.270 e. The standard InChI is InChI=1S/C25H20FNO3S2/c1-2-29-20-13-11-19(12-14-20)27-24(28)23(32-25(27)31)15-17-7-4-6-10-22(17)30-16-18-8-3-5-9-21(18)26/h3-15H,2,16H2,1H3/b23-15+. The fraction of sp³-hybridized carbons (Fsp3) is 0.120. The molecule has 1 saturated heterocycles. The average Bonchev–Trinajstić information content (AvgIpc) is 3.08. The van der Waals surface area contributed by atoms with Gasteiger partial charge in [0, 0.05) is 11.1 Å². The van der Waals surface area contributed by atoms with Crippen LogP contribution in [0.5, 0.6) is 11.5 Å². The minimum absolute atomic E-state index is 0.0880. The summed E-state index contributed by atoms with van der Waals surface area (Å²) in [5.74, 6) is 0.773. The molecule has 1 aliphatic heterocycles. The fourth-order valence-corrected chi connectivity index (χ4v) is 4.48. The molecule has 162 valence electrons. The third kappa shape index (κ3) is 4.84. The van der Waals surface area contributed by atoms with Gasteiger partial charge in [0.15, 0.2) is 4.32 Å². The van der Waals surface area contributed by atoms with Gasteiger partial charge in [-0.15, -0.1) is 0 Å². The van der Waals surface area contributed by atoms with E-state index in [0.29, 0.717) is 32.8 Å². The Morgan fingerprint density at radius 1 is 1.00 bits per heavy atom. The number of rotatable bonds is 7. The third-order valence-electron chi connectivity index (χ3n) is 4.75. The van der Waals surface area contributed by atoms with Crippen molar-refractivity contribution in [3.63, 3.8) is 0 Å². The van der Waals surface area contributed by atoms with Crippen LogP contribution in [0, 0.1) is 5.82 Å². The summed E-state index contributed by atoms with van der Waals surface area (Å²) >= 11 is 6.70. The van der Waals surface area contributed by atoms with Crippen LogP contribution in [0.3, 0.4) is 0 Å². The van der Waals surface area contributed by atoms with Gasteiger partial charge < -0.3 is 9.47 Å². The van der Waals surface area contributed by atoms with Crippen LogP contribution < -0.4 is 14.4 Å². The van der Waals surface area contributed by atoms with Crippen molar-refractivity contribution in [2.24, 2.45) is 0 Å². The molecule has 1 heterocycles. The van der Waals surface area contributed by atoms with E-state index in [9.17, 15) is 9.18 Å². The van der Waals surface area contributed by atoms with Crippen molar-refractivity contribution in [1.82, 2.24) is 0 Å². The lowest BCUT2D eigenvalue weighted by Gasteiger charge is -2.15. The van der Waals surface area contributed by atoms with E-state index in [1.807, 2.05) is 49.4 Å². The topological polar surface area (TPSA) is 38.8 Å². The van der Waals surface area contributed by atoms with Gasteiger partial charge in [0.2, 0.25) is 0 Å². The lowest BCUT2D eigenvalue weighted by atomic mass is 10.1. The molecular formula is C25H20FNO3S2. The molecule has 4 rings (SSSR count). The zero-order valence-corrected chi connectivity index (χ0v) is 18.9. The van der Waals surface area contributed by atoms with E-state index in [0.717, 1.165) is 11.3 Å². The molecule has 0 N–H and O–H groups in total. The molecule has 0 radical (unpaired) electrons. The van der Waals surface area contributed by atoms with Gasteiger partial charge in [-0.2, -0.15) is 0 Å². The molecule has 1 fully saturated rings. The molecule has 0 spiro atoms. The van der Waals surface area contributed by atoms with Crippen LogP contribution in [-0.2, 0) is 11.4 Å². The van der Waals surface area contributed by atoms with Gasteiger partial charge >= 0.3 is 0 Å². The Kier molecular flexibility index (Phi) is 6.87. The summed E-state index contributed by atoms with van der Waals surface area (Å²) in [5.41, 5.74) is 1.86. The summed E-state index contributed by atoms with van der Waals surface area (Å²) in [6.07, 6.45) is 1.75. The second-order valence-electron chi connectivity index (χ2n) is 6.86. The number of ether oxygens (including phenoxy) is 2. The van der Waals surface area contributed by atoms with Gasteiger partial charge in [-0.1, -0.05) is 60.4 Å². The molecule has 0 aliphatic carbocycles. The van der Waals surface area contributed by atoms with Crippen molar-refractivity contribution < 1.29 is 18.7 Å². The largest absolute Gasteiger partial charge is 0.494 e. The van der Waals surface area contributed by atoms with E-state index in [-0.39, 0.29) is 18.3 Å². The number of hydrogen-bond donors (Lipinski definition) is 0. The number of thiocarbonyl (C=S) groups is 1. The highest BCUT2D eigenvalue weighted by Gasteiger charge is 2.33. The van der Waals surface area contributed by atoms with Crippen LogP contribution >= 0.6 is 24.0 Å². The molecule has 1 amide bonds. The highest BCUT2D eigenvalue weighted by Crippen LogP contribution is 2.37. The molecule has 0 atom stereocenters. The van der Waals surface area contributed by atoms with E-state index in [4.69, 9.17) is 21.7 Å². The number of carbonyl (C=O) groups is 1. The van der Waals surface area contributed by atoms with Crippen molar-refractivity contribution in [3.8, 4) is 11.5 Å². The van der Waals surface area contributed by atoms with Gasteiger partial charge in [0.25, 0.3) is 5.91 Å². The van der Waals surface area contributed by atoms with Crippen LogP contribution in [-0.4, -0.2) is 16.8 Å². The normalized spacial score (nSPS) is 14.8. The Labute approximate surface area is 195 Å². The van der Waals surface area contributed by atoms with E-state index >= 15 is 0 Å². The number of thioether (sulfide) groups is 1. The first-order chi connectivity index (χ1) is 15.6. The number of hydrogen-bond acceptors (Lipinski definition) is 5. The van der Waals surface area contributed by atoms with Gasteiger partial charge in [0.1, 0.15) is 23.9 Å². The molecule has 3 aromatic carbocycles. The fourth-order valence-electron chi connectivity index (χ4n) is 3.19. The summed E-state index contributed by atoms with van der Waals surface area (Å²) in [4.78, 5) is 15.1. The van der Waals surface area contributed by atoms with Crippen molar-refractivity contribution >= 4 is 46.0 Å². The van der Waals surface area contributed by atoms with Crippen molar-refractivity contribution in [3.05, 3.63) is 94.6 Å². The number of benzene rings is 3. The second kappa shape index (κ2) is 9.97. The summed E-state index contributed by atoms with van der Waals surface area (Å²) in [5, 5.41) is 0. The van der Waals surface area contributed by atoms with Crippen LogP contribution in [0.25, 0.3) is 6.08 Å². The van der Waals surface area contributed by atoms with Crippen molar-refractivity contribution in [2.75, 3.05) is 11.5 Å². The third-order valence-corrected chi connectivity index (χ3v) is 6.05. The highest BCUT2D eigenvalue weighted by molar-refractivity contribution is 8.27. The first kappa shape index (κ1) is 22.0. The SMILES string of the molecule is CCOc1ccc(N2C(=O)/C(=C\c3ccccc3OCc3ccccc3F)SC2=S)cc1. The second-order valence-corrected chi connectivity index (χ2v) is 8.54. The van der Waals surface area contributed by atoms with Crippen LogP contribution in [0.4, 0.5) is 10.1 Å². The molecule has 3 aromatic rings. The lowest BCUT2D eigenvalue weighted by Crippen LogP contribution is -2.27. The first-order valence-corrected chi connectivity index (χ1v) is 11.3. The lowest BCUT2D eigenvalue weighted by molar-refractivity contribution is -0.113. The minimum atomic E-state index is -0.318. The molecule has 0 aromatic heterocycles. The molecule has 0 saturated carbocycles. The molecule has 7 heteroatoms. The van der Waals surface area contributed by atoms with E-state index in [2.05, 4.69) is 0 Å². The Morgan fingerprint density at radius 3 is 2.47 bits per heavy atom. The first-order valence-electron chi connectivity index (χ1n) is 10.0. The maximum absolute atomic E-state index is 13.9. The van der Waals surface area contributed by atoms with Crippen LogP contribution in [0.15, 0.2) is 77.7 Å². The number of anilines is 1.